The summed E-state index contributed by atoms with van der Waals surface area (Å²) in [5.41, 5.74) is 4.99. The van der Waals surface area contributed by atoms with Crippen molar-refractivity contribution in [2.45, 2.75) is 11.1 Å². The van der Waals surface area contributed by atoms with Gasteiger partial charge in [-0.2, -0.15) is 13.2 Å². The largest absolute Gasteiger partial charge is 0.506 e. The lowest BCUT2D eigenvalue weighted by Gasteiger charge is -2.14. The summed E-state index contributed by atoms with van der Waals surface area (Å²) in [6.45, 7) is 0. The fraction of sp³-hybridized carbons (Fsp3) is 0.0588. The van der Waals surface area contributed by atoms with Crippen molar-refractivity contribution in [1.82, 2.24) is 0 Å². The van der Waals surface area contributed by atoms with Crippen molar-refractivity contribution in [2.24, 2.45) is 0 Å². The van der Waals surface area contributed by atoms with Gasteiger partial charge in [0.1, 0.15) is 5.75 Å². The predicted octanol–water partition coefficient (Wildman–Crippen LogP) is 3.95. The number of phenols is 1. The van der Waals surface area contributed by atoms with Gasteiger partial charge < -0.3 is 10.8 Å². The van der Waals surface area contributed by atoms with Crippen LogP contribution in [0, 0.1) is 0 Å². The fourth-order valence-electron chi connectivity index (χ4n) is 2.49. The first-order valence-electron chi connectivity index (χ1n) is 7.30. The molecule has 0 aliphatic heterocycles. The van der Waals surface area contributed by atoms with Gasteiger partial charge in [0.2, 0.25) is 0 Å². The number of hydrogen-bond acceptors (Lipinski definition) is 4. The Hall–Kier alpha value is -2.94. The number of benzene rings is 3. The Balaban J connectivity index is 2.03. The lowest BCUT2D eigenvalue weighted by molar-refractivity contribution is -0.137. The van der Waals surface area contributed by atoms with Crippen LogP contribution in [0.2, 0.25) is 0 Å². The Morgan fingerprint density at radius 2 is 1.54 bits per heavy atom. The molecule has 0 saturated carbocycles. The van der Waals surface area contributed by atoms with Gasteiger partial charge in [0.05, 0.1) is 21.8 Å². The molecule has 0 amide bonds. The zero-order chi connectivity index (χ0) is 19.1. The van der Waals surface area contributed by atoms with Crippen molar-refractivity contribution < 1.29 is 26.7 Å². The Bertz CT molecular complexity index is 1080. The van der Waals surface area contributed by atoms with E-state index in [1.165, 1.54) is 0 Å². The van der Waals surface area contributed by atoms with Gasteiger partial charge in [0.15, 0.2) is 0 Å². The number of halogens is 3. The van der Waals surface area contributed by atoms with Gasteiger partial charge in [-0.05, 0) is 24.3 Å². The van der Waals surface area contributed by atoms with Crippen LogP contribution >= 0.6 is 0 Å². The SMILES string of the molecule is Nc1c(O)cc(NS(=O)(=O)c2ccc(C(F)(F)F)cc2)c2ccccc12. The van der Waals surface area contributed by atoms with Crippen molar-refractivity contribution in [1.29, 1.82) is 0 Å². The summed E-state index contributed by atoms with van der Waals surface area (Å²) in [6.07, 6.45) is -4.56. The van der Waals surface area contributed by atoms with Crippen LogP contribution in [0.25, 0.3) is 10.8 Å². The van der Waals surface area contributed by atoms with Crippen molar-refractivity contribution in [2.75, 3.05) is 10.5 Å². The zero-order valence-electron chi connectivity index (χ0n) is 13.1. The number of hydrogen-bond donors (Lipinski definition) is 3. The molecule has 0 unspecified atom stereocenters. The van der Waals surface area contributed by atoms with E-state index < -0.39 is 21.8 Å². The minimum absolute atomic E-state index is 0.0622. The van der Waals surface area contributed by atoms with Crippen LogP contribution in [-0.4, -0.2) is 13.5 Å². The van der Waals surface area contributed by atoms with E-state index >= 15 is 0 Å². The number of nitrogens with two attached hydrogens (primary N) is 1. The molecule has 0 bridgehead atoms. The van der Waals surface area contributed by atoms with E-state index in [4.69, 9.17) is 5.73 Å². The second-order valence-electron chi connectivity index (χ2n) is 5.53. The molecule has 0 spiro atoms. The van der Waals surface area contributed by atoms with Gasteiger partial charge in [-0.1, -0.05) is 24.3 Å². The minimum Gasteiger partial charge on any atom is -0.506 e. The molecule has 0 fully saturated rings. The van der Waals surface area contributed by atoms with Crippen molar-refractivity contribution in [3.63, 3.8) is 0 Å². The average Bonchev–Trinajstić information content (AvgIpc) is 2.59. The molecular weight excluding hydrogens is 369 g/mol. The van der Waals surface area contributed by atoms with E-state index in [1.807, 2.05) is 0 Å². The van der Waals surface area contributed by atoms with Crippen LogP contribution in [0.4, 0.5) is 24.5 Å². The summed E-state index contributed by atoms with van der Waals surface area (Å²) in [4.78, 5) is -0.342. The first-order valence-corrected chi connectivity index (χ1v) is 8.78. The van der Waals surface area contributed by atoms with E-state index in [-0.39, 0.29) is 22.0 Å². The number of nitrogens with one attached hydrogen (secondary N) is 1. The third kappa shape index (κ3) is 3.25. The summed E-state index contributed by atoms with van der Waals surface area (Å²) in [5, 5.41) is 10.8. The molecule has 3 rings (SSSR count). The highest BCUT2D eigenvalue weighted by Crippen LogP contribution is 2.37. The maximum atomic E-state index is 12.6. The van der Waals surface area contributed by atoms with Gasteiger partial charge in [0, 0.05) is 16.8 Å². The average molecular weight is 382 g/mol. The van der Waals surface area contributed by atoms with Crippen LogP contribution in [0.5, 0.6) is 5.75 Å². The van der Waals surface area contributed by atoms with Crippen LogP contribution in [0.3, 0.4) is 0 Å². The lowest BCUT2D eigenvalue weighted by atomic mass is 10.1. The predicted molar refractivity (Wildman–Crippen MR) is 92.3 cm³/mol. The van der Waals surface area contributed by atoms with E-state index in [2.05, 4.69) is 4.72 Å². The Labute approximate surface area is 146 Å². The summed E-state index contributed by atoms with van der Waals surface area (Å²) in [5.74, 6) is -0.311. The summed E-state index contributed by atoms with van der Waals surface area (Å²) in [7, 11) is -4.17. The van der Waals surface area contributed by atoms with Crippen LogP contribution in [0.15, 0.2) is 59.5 Å². The van der Waals surface area contributed by atoms with Gasteiger partial charge in [-0.3, -0.25) is 4.72 Å². The summed E-state index contributed by atoms with van der Waals surface area (Å²) < 4.78 is 65.1. The van der Waals surface area contributed by atoms with Gasteiger partial charge in [-0.15, -0.1) is 0 Å². The van der Waals surface area contributed by atoms with Crippen molar-refractivity contribution in [3.05, 3.63) is 60.2 Å². The molecule has 0 aliphatic rings. The van der Waals surface area contributed by atoms with Crippen molar-refractivity contribution in [3.8, 4) is 5.75 Å². The molecule has 136 valence electrons. The number of rotatable bonds is 3. The minimum atomic E-state index is -4.56. The number of sulfonamides is 1. The third-order valence-electron chi connectivity index (χ3n) is 3.80. The van der Waals surface area contributed by atoms with E-state index in [0.717, 1.165) is 18.2 Å². The molecular formula is C17H13F3N2O3S. The van der Waals surface area contributed by atoms with Gasteiger partial charge in [0.25, 0.3) is 10.0 Å². The topological polar surface area (TPSA) is 92.4 Å². The second kappa shape index (κ2) is 6.10. The first-order chi connectivity index (χ1) is 12.1. The van der Waals surface area contributed by atoms with E-state index in [9.17, 15) is 26.7 Å². The monoisotopic (exact) mass is 382 g/mol. The highest BCUT2D eigenvalue weighted by molar-refractivity contribution is 7.92. The molecule has 9 heteroatoms. The van der Waals surface area contributed by atoms with Crippen LogP contribution in [0.1, 0.15) is 5.56 Å². The molecule has 0 aromatic heterocycles. The highest BCUT2D eigenvalue weighted by atomic mass is 32.2. The molecule has 0 saturated heterocycles. The number of phenolic OH excluding ortho intramolecular Hbond substituents is 1. The number of aromatic hydroxyl groups is 1. The second-order valence-corrected chi connectivity index (χ2v) is 7.21. The molecule has 3 aromatic rings. The molecule has 0 aliphatic carbocycles. The molecule has 3 aromatic carbocycles. The highest BCUT2D eigenvalue weighted by Gasteiger charge is 2.30. The smallest absolute Gasteiger partial charge is 0.416 e. The first kappa shape index (κ1) is 17.9. The molecule has 0 heterocycles. The quantitative estimate of drug-likeness (QED) is 0.472. The number of fused-ring (bicyclic) bond motifs is 1. The molecule has 26 heavy (non-hydrogen) atoms. The maximum Gasteiger partial charge on any atom is 0.416 e. The number of anilines is 2. The zero-order valence-corrected chi connectivity index (χ0v) is 13.9. The normalized spacial score (nSPS) is 12.3. The Morgan fingerprint density at radius 3 is 2.12 bits per heavy atom. The van der Waals surface area contributed by atoms with Gasteiger partial charge >= 0.3 is 6.18 Å². The molecule has 4 N–H and O–H groups in total. The lowest BCUT2D eigenvalue weighted by Crippen LogP contribution is -2.14. The Kier molecular flexibility index (Phi) is 4.19. The fourth-order valence-corrected chi connectivity index (χ4v) is 3.56. The standard InChI is InChI=1S/C17H13F3N2O3S/c18-17(19,20)10-5-7-11(8-6-10)26(24,25)22-14-9-15(23)16(21)13-4-2-1-3-12(13)14/h1-9,22-23H,21H2. The number of nitrogen functional groups attached to an aromatic ring is 1. The number of alkyl halides is 3. The van der Waals surface area contributed by atoms with Crippen LogP contribution in [-0.2, 0) is 16.2 Å². The van der Waals surface area contributed by atoms with E-state index in [0.29, 0.717) is 22.9 Å². The van der Waals surface area contributed by atoms with Crippen molar-refractivity contribution >= 4 is 32.2 Å². The van der Waals surface area contributed by atoms with Crippen LogP contribution < -0.4 is 10.5 Å². The van der Waals surface area contributed by atoms with Gasteiger partial charge in [-0.25, -0.2) is 8.42 Å². The maximum absolute atomic E-state index is 12.6. The molecule has 5 nitrogen and oxygen atoms in total. The third-order valence-corrected chi connectivity index (χ3v) is 5.18. The van der Waals surface area contributed by atoms with E-state index in [1.54, 1.807) is 24.3 Å². The molecule has 0 radical (unpaired) electrons. The molecule has 0 atom stereocenters. The Morgan fingerprint density at radius 1 is 0.962 bits per heavy atom. The summed E-state index contributed by atoms with van der Waals surface area (Å²) in [6, 6.07) is 10.8. The summed E-state index contributed by atoms with van der Waals surface area (Å²) >= 11 is 0.